The molecule has 1 saturated heterocycles. The van der Waals surface area contributed by atoms with Gasteiger partial charge in [-0.2, -0.15) is 4.84 Å². The van der Waals surface area contributed by atoms with Crippen molar-refractivity contribution in [2.24, 2.45) is 0 Å². The van der Waals surface area contributed by atoms with Crippen molar-refractivity contribution < 1.29 is 19.2 Å². The first kappa shape index (κ1) is 16.7. The molecule has 0 aliphatic carbocycles. The number of nitrogens with zero attached hydrogens (tertiary/aromatic N) is 1. The molecule has 3 atom stereocenters. The summed E-state index contributed by atoms with van der Waals surface area (Å²) in [7, 11) is 0. The van der Waals surface area contributed by atoms with Crippen LogP contribution in [0.5, 0.6) is 0 Å². The van der Waals surface area contributed by atoms with Crippen molar-refractivity contribution in [3.8, 4) is 0 Å². The second-order valence-electron chi connectivity index (χ2n) is 6.66. The number of nitrogens with one attached hydrogen (secondary N) is 1. The summed E-state index contributed by atoms with van der Waals surface area (Å²) in [6.45, 7) is 7.61. The van der Waals surface area contributed by atoms with Crippen LogP contribution in [0.4, 0.5) is 4.79 Å². The van der Waals surface area contributed by atoms with Crippen molar-refractivity contribution in [2.75, 3.05) is 6.54 Å². The Labute approximate surface area is 131 Å². The predicted octanol–water partition coefficient (Wildman–Crippen LogP) is 2.73. The van der Waals surface area contributed by atoms with Gasteiger partial charge in [-0.15, -0.1) is 0 Å². The highest BCUT2D eigenvalue weighted by molar-refractivity contribution is 5.68. The van der Waals surface area contributed by atoms with Gasteiger partial charge in [0.15, 0.2) is 0 Å². The first-order valence-electron chi connectivity index (χ1n) is 7.46. The topological polar surface area (TPSA) is 70.6 Å². The standard InChI is InChI=1S/C16H24N2O4/c1-12-14(17-15(19)22-16(2,3)4)10-18(12,20)21-11-13-8-6-5-7-9-13/h5-9,12,14H,10-11H2,1-4H3,(H,17,19)/t12?,14-,18?/m0/s1. The number of hydroxylamine groups is 4. The van der Waals surface area contributed by atoms with E-state index in [-0.39, 0.29) is 25.2 Å². The Morgan fingerprint density at radius 2 is 2.00 bits per heavy atom. The minimum absolute atomic E-state index is 0.188. The number of benzene rings is 1. The number of hydrogen-bond donors (Lipinski definition) is 1. The van der Waals surface area contributed by atoms with Crippen molar-refractivity contribution >= 4 is 6.09 Å². The number of amides is 1. The van der Waals surface area contributed by atoms with Crippen molar-refractivity contribution in [1.29, 1.82) is 0 Å². The van der Waals surface area contributed by atoms with Crippen molar-refractivity contribution in [3.63, 3.8) is 0 Å². The van der Waals surface area contributed by atoms with Gasteiger partial charge in [0.1, 0.15) is 30.8 Å². The lowest BCUT2D eigenvalue weighted by Gasteiger charge is -2.55. The molecule has 6 nitrogen and oxygen atoms in total. The van der Waals surface area contributed by atoms with E-state index in [4.69, 9.17) is 9.57 Å². The Morgan fingerprint density at radius 1 is 1.36 bits per heavy atom. The summed E-state index contributed by atoms with van der Waals surface area (Å²) < 4.78 is 5.19. The fraction of sp³-hybridized carbons (Fsp3) is 0.562. The first-order valence-corrected chi connectivity index (χ1v) is 7.46. The number of carbonyl (C=O) groups is 1. The molecule has 1 heterocycles. The van der Waals surface area contributed by atoms with E-state index < -0.39 is 16.5 Å². The van der Waals surface area contributed by atoms with Crippen LogP contribution in [0.2, 0.25) is 0 Å². The highest BCUT2D eigenvalue weighted by atomic mass is 16.9. The molecule has 1 aliphatic rings. The van der Waals surface area contributed by atoms with Crippen LogP contribution in [0, 0.1) is 5.21 Å². The average Bonchev–Trinajstić information content (AvgIpc) is 2.43. The van der Waals surface area contributed by atoms with Gasteiger partial charge in [-0.1, -0.05) is 30.3 Å². The van der Waals surface area contributed by atoms with Gasteiger partial charge in [-0.3, -0.25) is 0 Å². The minimum Gasteiger partial charge on any atom is -0.598 e. The number of quaternary nitrogens is 1. The first-order chi connectivity index (χ1) is 10.2. The smallest absolute Gasteiger partial charge is 0.408 e. The maximum absolute atomic E-state index is 12.5. The van der Waals surface area contributed by atoms with E-state index in [1.165, 1.54) is 0 Å². The molecule has 0 aromatic heterocycles. The molecule has 1 aromatic rings. The normalized spacial score (nSPS) is 27.9. The second-order valence-corrected chi connectivity index (χ2v) is 6.66. The van der Waals surface area contributed by atoms with Crippen LogP contribution in [-0.4, -0.2) is 35.1 Å². The van der Waals surface area contributed by atoms with Crippen LogP contribution < -0.4 is 5.32 Å². The van der Waals surface area contributed by atoms with E-state index in [9.17, 15) is 10.0 Å². The maximum atomic E-state index is 12.5. The molecule has 1 fully saturated rings. The molecule has 1 amide bonds. The number of hydrogen-bond acceptors (Lipinski definition) is 4. The van der Waals surface area contributed by atoms with Crippen molar-refractivity contribution in [3.05, 3.63) is 41.1 Å². The van der Waals surface area contributed by atoms with E-state index in [1.807, 2.05) is 30.3 Å². The molecule has 0 spiro atoms. The molecule has 1 N–H and O–H groups in total. The lowest BCUT2D eigenvalue weighted by Crippen LogP contribution is -2.73. The summed E-state index contributed by atoms with van der Waals surface area (Å²) in [5.74, 6) is 0. The molecule has 0 saturated carbocycles. The van der Waals surface area contributed by atoms with Crippen LogP contribution in [0.3, 0.4) is 0 Å². The summed E-state index contributed by atoms with van der Waals surface area (Å²) in [5, 5.41) is 15.2. The highest BCUT2D eigenvalue weighted by Crippen LogP contribution is 2.29. The third-order valence-corrected chi connectivity index (χ3v) is 3.65. The van der Waals surface area contributed by atoms with E-state index in [0.717, 1.165) is 5.56 Å². The van der Waals surface area contributed by atoms with E-state index >= 15 is 0 Å². The molecule has 2 unspecified atom stereocenters. The molecule has 6 heteroatoms. The van der Waals surface area contributed by atoms with Gasteiger partial charge in [-0.05, 0) is 33.3 Å². The quantitative estimate of drug-likeness (QED) is 0.686. The van der Waals surface area contributed by atoms with Crippen LogP contribution in [0.15, 0.2) is 30.3 Å². The van der Waals surface area contributed by atoms with E-state index in [1.54, 1.807) is 27.7 Å². The monoisotopic (exact) mass is 308 g/mol. The summed E-state index contributed by atoms with van der Waals surface area (Å²) in [4.78, 5) is 16.4. The Balaban J connectivity index is 1.80. The number of carbonyl (C=O) groups excluding carboxylic acids is 1. The lowest BCUT2D eigenvalue weighted by atomic mass is 10.0. The number of rotatable bonds is 4. The zero-order chi connectivity index (χ0) is 16.4. The van der Waals surface area contributed by atoms with Gasteiger partial charge in [-0.25, -0.2) is 9.60 Å². The zero-order valence-electron chi connectivity index (χ0n) is 13.5. The Bertz CT molecular complexity index is 515. The molecule has 0 bridgehead atoms. The molecular formula is C16H24N2O4. The summed E-state index contributed by atoms with van der Waals surface area (Å²) in [6, 6.07) is 8.94. The SMILES string of the molecule is CC1[C@@H](NC(=O)OC(C)(C)C)C[N+]1([O-])OCc1ccccc1. The van der Waals surface area contributed by atoms with E-state index in [0.29, 0.717) is 0 Å². The van der Waals surface area contributed by atoms with Gasteiger partial charge in [0.05, 0.1) is 0 Å². The average molecular weight is 308 g/mol. The Kier molecular flexibility index (Phi) is 4.75. The molecule has 122 valence electrons. The van der Waals surface area contributed by atoms with Gasteiger partial charge in [0.25, 0.3) is 0 Å². The maximum Gasteiger partial charge on any atom is 0.408 e. The Hall–Kier alpha value is -1.63. The molecule has 1 aliphatic heterocycles. The number of ether oxygens (including phenoxy) is 1. The van der Waals surface area contributed by atoms with Crippen LogP contribution in [0.1, 0.15) is 33.3 Å². The predicted molar refractivity (Wildman–Crippen MR) is 82.3 cm³/mol. The summed E-state index contributed by atoms with van der Waals surface area (Å²) in [5.41, 5.74) is 0.399. The molecule has 1 aromatic carbocycles. The van der Waals surface area contributed by atoms with Gasteiger partial charge >= 0.3 is 6.09 Å². The largest absolute Gasteiger partial charge is 0.598 e. The minimum atomic E-state index is -0.755. The van der Waals surface area contributed by atoms with Gasteiger partial charge in [0, 0.05) is 0 Å². The van der Waals surface area contributed by atoms with Crippen molar-refractivity contribution in [2.45, 2.75) is 52.0 Å². The molecule has 0 radical (unpaired) electrons. The highest BCUT2D eigenvalue weighted by Gasteiger charge is 2.49. The van der Waals surface area contributed by atoms with Gasteiger partial charge in [0.2, 0.25) is 0 Å². The Morgan fingerprint density at radius 3 is 2.55 bits per heavy atom. The number of alkyl carbamates (subject to hydrolysis) is 1. The zero-order valence-corrected chi connectivity index (χ0v) is 13.5. The summed E-state index contributed by atoms with van der Waals surface area (Å²) >= 11 is 0. The van der Waals surface area contributed by atoms with E-state index in [2.05, 4.69) is 5.32 Å². The second kappa shape index (κ2) is 6.24. The third-order valence-electron chi connectivity index (χ3n) is 3.65. The molecule has 22 heavy (non-hydrogen) atoms. The van der Waals surface area contributed by atoms with Crippen LogP contribution in [0.25, 0.3) is 0 Å². The summed E-state index contributed by atoms with van der Waals surface area (Å²) in [6.07, 6.45) is -0.501. The molecule has 2 rings (SSSR count). The fourth-order valence-electron chi connectivity index (χ4n) is 2.28. The lowest BCUT2D eigenvalue weighted by molar-refractivity contribution is -1.12. The molecular weight excluding hydrogens is 284 g/mol. The van der Waals surface area contributed by atoms with Crippen molar-refractivity contribution in [1.82, 2.24) is 5.32 Å². The third kappa shape index (κ3) is 4.19. The van der Waals surface area contributed by atoms with Crippen LogP contribution >= 0.6 is 0 Å². The van der Waals surface area contributed by atoms with Gasteiger partial charge < -0.3 is 15.3 Å². The fourth-order valence-corrected chi connectivity index (χ4v) is 2.28. The van der Waals surface area contributed by atoms with Crippen LogP contribution in [-0.2, 0) is 16.2 Å².